The van der Waals surface area contributed by atoms with Gasteiger partial charge in [0.05, 0.1) is 17.2 Å². The van der Waals surface area contributed by atoms with E-state index in [1.54, 1.807) is 23.1 Å². The molecule has 0 unspecified atom stereocenters. The van der Waals surface area contributed by atoms with Gasteiger partial charge in [0, 0.05) is 22.5 Å². The van der Waals surface area contributed by atoms with Gasteiger partial charge >= 0.3 is 5.97 Å². The lowest BCUT2D eigenvalue weighted by Gasteiger charge is -2.21. The van der Waals surface area contributed by atoms with Crippen LogP contribution in [0.5, 0.6) is 0 Å². The first-order valence-corrected chi connectivity index (χ1v) is 8.30. The highest BCUT2D eigenvalue weighted by Gasteiger charge is 2.32. The third-order valence-corrected chi connectivity index (χ3v) is 4.84. The average Bonchev–Trinajstić information content (AvgIpc) is 3.24. The number of carbonyl (C=O) groups is 2. The third-order valence-electron chi connectivity index (χ3n) is 3.12. The van der Waals surface area contributed by atoms with E-state index in [4.69, 9.17) is 28.3 Å². The van der Waals surface area contributed by atoms with Gasteiger partial charge < -0.3 is 10.0 Å². The van der Waals surface area contributed by atoms with E-state index in [0.717, 1.165) is 17.7 Å². The Morgan fingerprint density at radius 2 is 2.05 bits per heavy atom. The van der Waals surface area contributed by atoms with Crippen molar-refractivity contribution >= 4 is 46.8 Å². The molecule has 1 aliphatic rings. The number of carboxylic acids is 1. The second-order valence-corrected chi connectivity index (χ2v) is 6.69. The van der Waals surface area contributed by atoms with Crippen molar-refractivity contribution in [3.8, 4) is 0 Å². The largest absolute Gasteiger partial charge is 0.481 e. The van der Waals surface area contributed by atoms with Crippen LogP contribution in [-0.4, -0.2) is 40.2 Å². The van der Waals surface area contributed by atoms with Crippen LogP contribution in [-0.2, 0) is 9.59 Å². The molecule has 2 rings (SSSR count). The van der Waals surface area contributed by atoms with Crippen LogP contribution in [0.1, 0.15) is 19.3 Å². The van der Waals surface area contributed by atoms with Crippen LogP contribution in [0.2, 0.25) is 10.0 Å². The van der Waals surface area contributed by atoms with E-state index in [2.05, 4.69) is 0 Å². The minimum atomic E-state index is -0.890. The molecular formula is C14H15Cl2NO3S. The molecule has 0 bridgehead atoms. The predicted molar refractivity (Wildman–Crippen MR) is 84.2 cm³/mol. The van der Waals surface area contributed by atoms with Crippen molar-refractivity contribution in [1.82, 2.24) is 4.90 Å². The Balaban J connectivity index is 1.92. The molecule has 1 amide bonds. The number of rotatable bonds is 7. The summed E-state index contributed by atoms with van der Waals surface area (Å²) in [4.78, 5) is 25.3. The first kappa shape index (κ1) is 16.5. The van der Waals surface area contributed by atoms with Crippen molar-refractivity contribution in [3.63, 3.8) is 0 Å². The second kappa shape index (κ2) is 7.38. The Hall–Kier alpha value is -0.910. The maximum Gasteiger partial charge on any atom is 0.305 e. The minimum Gasteiger partial charge on any atom is -0.481 e. The number of hydrogen-bond acceptors (Lipinski definition) is 3. The number of benzene rings is 1. The molecule has 0 aromatic heterocycles. The first-order chi connectivity index (χ1) is 9.97. The average molecular weight is 348 g/mol. The predicted octanol–water partition coefficient (Wildman–Crippen LogP) is 3.55. The zero-order valence-electron chi connectivity index (χ0n) is 11.2. The lowest BCUT2D eigenvalue weighted by molar-refractivity contribution is -0.138. The van der Waals surface area contributed by atoms with Gasteiger partial charge in [0.1, 0.15) is 0 Å². The topological polar surface area (TPSA) is 57.6 Å². The number of carbonyl (C=O) groups excluding carboxylic acids is 1. The summed E-state index contributed by atoms with van der Waals surface area (Å²) in [7, 11) is 0. The van der Waals surface area contributed by atoms with E-state index in [1.807, 2.05) is 0 Å². The fourth-order valence-electron chi connectivity index (χ4n) is 1.92. The molecule has 0 saturated heterocycles. The van der Waals surface area contributed by atoms with Gasteiger partial charge in [-0.2, -0.15) is 0 Å². The van der Waals surface area contributed by atoms with Crippen molar-refractivity contribution < 1.29 is 14.7 Å². The van der Waals surface area contributed by atoms with E-state index in [9.17, 15) is 9.59 Å². The Labute approximate surface area is 137 Å². The molecule has 114 valence electrons. The number of nitrogens with zero attached hydrogens (tertiary/aromatic N) is 1. The van der Waals surface area contributed by atoms with Crippen LogP contribution >= 0.6 is 35.0 Å². The summed E-state index contributed by atoms with van der Waals surface area (Å²) >= 11 is 13.3. The van der Waals surface area contributed by atoms with Gasteiger partial charge in [-0.25, -0.2) is 0 Å². The van der Waals surface area contributed by atoms with Crippen molar-refractivity contribution in [2.45, 2.75) is 30.2 Å². The van der Waals surface area contributed by atoms with Crippen molar-refractivity contribution in [2.75, 3.05) is 12.3 Å². The number of hydrogen-bond donors (Lipinski definition) is 1. The molecule has 0 heterocycles. The van der Waals surface area contributed by atoms with Crippen LogP contribution in [0.4, 0.5) is 0 Å². The molecule has 0 radical (unpaired) electrons. The van der Waals surface area contributed by atoms with Gasteiger partial charge in [0.25, 0.3) is 0 Å². The number of amides is 1. The molecule has 4 nitrogen and oxygen atoms in total. The number of aliphatic carboxylic acids is 1. The lowest BCUT2D eigenvalue weighted by Crippen LogP contribution is -2.36. The molecule has 1 aromatic rings. The van der Waals surface area contributed by atoms with Crippen LogP contribution < -0.4 is 0 Å². The van der Waals surface area contributed by atoms with E-state index in [0.29, 0.717) is 10.0 Å². The summed E-state index contributed by atoms with van der Waals surface area (Å²) < 4.78 is 0. The van der Waals surface area contributed by atoms with Crippen LogP contribution in [0.15, 0.2) is 23.1 Å². The maximum absolute atomic E-state index is 12.2. The fourth-order valence-corrected chi connectivity index (χ4v) is 3.30. The van der Waals surface area contributed by atoms with Crippen LogP contribution in [0.3, 0.4) is 0 Å². The van der Waals surface area contributed by atoms with Gasteiger partial charge in [-0.3, -0.25) is 9.59 Å². The summed E-state index contributed by atoms with van der Waals surface area (Å²) in [6.07, 6.45) is 1.88. The molecule has 1 fully saturated rings. The quantitative estimate of drug-likeness (QED) is 0.766. The highest BCUT2D eigenvalue weighted by atomic mass is 35.5. The van der Waals surface area contributed by atoms with Crippen molar-refractivity contribution in [2.24, 2.45) is 0 Å². The fraction of sp³-hybridized carbons (Fsp3) is 0.429. The molecule has 7 heteroatoms. The van der Waals surface area contributed by atoms with Gasteiger partial charge in [0.2, 0.25) is 5.91 Å². The monoisotopic (exact) mass is 347 g/mol. The molecule has 21 heavy (non-hydrogen) atoms. The van der Waals surface area contributed by atoms with E-state index in [1.165, 1.54) is 11.8 Å². The summed E-state index contributed by atoms with van der Waals surface area (Å²) in [6.45, 7) is 0.267. The maximum atomic E-state index is 12.2. The van der Waals surface area contributed by atoms with E-state index < -0.39 is 5.97 Å². The van der Waals surface area contributed by atoms with Gasteiger partial charge in [-0.15, -0.1) is 11.8 Å². The molecule has 1 saturated carbocycles. The number of thioether (sulfide) groups is 1. The molecular weight excluding hydrogens is 333 g/mol. The zero-order chi connectivity index (χ0) is 15.4. The number of halogens is 2. The summed E-state index contributed by atoms with van der Waals surface area (Å²) in [5.74, 6) is -0.713. The Morgan fingerprint density at radius 1 is 1.33 bits per heavy atom. The Bertz CT molecular complexity index is 549. The van der Waals surface area contributed by atoms with E-state index in [-0.39, 0.29) is 30.7 Å². The van der Waals surface area contributed by atoms with E-state index >= 15 is 0 Å². The number of carboxylic acid groups (broad SMARTS) is 1. The molecule has 1 N–H and O–H groups in total. The van der Waals surface area contributed by atoms with Gasteiger partial charge in [0.15, 0.2) is 0 Å². The Kier molecular flexibility index (Phi) is 5.79. The molecule has 1 aliphatic carbocycles. The normalized spacial score (nSPS) is 14.0. The molecule has 0 spiro atoms. The molecule has 1 aromatic carbocycles. The first-order valence-electron chi connectivity index (χ1n) is 6.56. The van der Waals surface area contributed by atoms with Crippen LogP contribution in [0, 0.1) is 0 Å². The standard InChI is InChI=1S/C14H15Cl2NO3S/c15-9-1-4-11(16)12(7-9)21-8-13(18)17(10-2-3-10)6-5-14(19)20/h1,4,7,10H,2-3,5-6,8H2,(H,19,20). The van der Waals surface area contributed by atoms with Crippen molar-refractivity contribution in [1.29, 1.82) is 0 Å². The smallest absolute Gasteiger partial charge is 0.305 e. The summed E-state index contributed by atoms with van der Waals surface area (Å²) in [5.41, 5.74) is 0. The lowest BCUT2D eigenvalue weighted by atomic mass is 10.3. The third kappa shape index (κ3) is 5.09. The molecule has 0 atom stereocenters. The van der Waals surface area contributed by atoms with Gasteiger partial charge in [-0.1, -0.05) is 23.2 Å². The summed E-state index contributed by atoms with van der Waals surface area (Å²) in [5, 5.41) is 9.87. The molecule has 0 aliphatic heterocycles. The minimum absolute atomic E-state index is 0.0230. The highest BCUT2D eigenvalue weighted by molar-refractivity contribution is 8.00. The zero-order valence-corrected chi connectivity index (χ0v) is 13.5. The Morgan fingerprint density at radius 3 is 2.67 bits per heavy atom. The van der Waals surface area contributed by atoms with Crippen LogP contribution in [0.25, 0.3) is 0 Å². The van der Waals surface area contributed by atoms with Crippen molar-refractivity contribution in [3.05, 3.63) is 28.2 Å². The second-order valence-electron chi connectivity index (χ2n) is 4.83. The summed E-state index contributed by atoms with van der Waals surface area (Å²) in [6, 6.07) is 5.31. The van der Waals surface area contributed by atoms with Gasteiger partial charge in [-0.05, 0) is 31.0 Å². The SMILES string of the molecule is O=C(O)CCN(C(=O)CSc1cc(Cl)ccc1Cl)C1CC1. The highest BCUT2D eigenvalue weighted by Crippen LogP contribution is 2.32.